The molecule has 4 nitrogen and oxygen atoms in total. The third kappa shape index (κ3) is 2.52. The fourth-order valence-corrected chi connectivity index (χ4v) is 3.80. The summed E-state index contributed by atoms with van der Waals surface area (Å²) in [5, 5.41) is 10.3. The topological polar surface area (TPSA) is 64.7 Å². The summed E-state index contributed by atoms with van der Waals surface area (Å²) in [5.74, 6) is 0.00420. The fraction of sp³-hybridized carbons (Fsp3) is 0.136. The molecule has 2 heterocycles. The Hall–Kier alpha value is -3.41. The van der Waals surface area contributed by atoms with E-state index in [1.165, 1.54) is 30.5 Å². The largest absolute Gasteiger partial charge is 0.489 e. The molecule has 0 aliphatic heterocycles. The lowest BCUT2D eigenvalue weighted by Gasteiger charge is -2.08. The molecule has 6 heteroatoms. The third-order valence-electron chi connectivity index (χ3n) is 5.08. The molecule has 28 heavy (non-hydrogen) atoms. The summed E-state index contributed by atoms with van der Waals surface area (Å²) in [7, 11) is 0. The average molecular weight is 377 g/mol. The monoisotopic (exact) mass is 377 g/mol. The Kier molecular flexibility index (Phi) is 3.79. The molecule has 3 N–H and O–H groups in total. The van der Waals surface area contributed by atoms with Crippen molar-refractivity contribution < 1.29 is 13.5 Å². The molecule has 0 saturated carbocycles. The lowest BCUT2D eigenvalue weighted by molar-refractivity contribution is 0.320. The number of hydrogen-bond acceptors (Lipinski definition) is 2. The van der Waals surface area contributed by atoms with Crippen molar-refractivity contribution in [2.45, 2.75) is 12.8 Å². The molecule has 5 rings (SSSR count). The van der Waals surface area contributed by atoms with Crippen LogP contribution in [0, 0.1) is 17.0 Å². The summed E-state index contributed by atoms with van der Waals surface area (Å²) in [6.07, 6.45) is 2.71. The second kappa shape index (κ2) is 6.34. The SMILES string of the molecule is N=CCCCOc1c2[nH]c3ccc(F)cc3c2cc2c1[nH]c1ccc(F)cc12. The first-order valence-electron chi connectivity index (χ1n) is 9.12. The number of unbranched alkanes of at least 4 members (excludes halogenated alkanes) is 1. The summed E-state index contributed by atoms with van der Waals surface area (Å²) < 4.78 is 33.8. The van der Waals surface area contributed by atoms with Crippen molar-refractivity contribution >= 4 is 49.8 Å². The van der Waals surface area contributed by atoms with Gasteiger partial charge in [-0.15, -0.1) is 0 Å². The van der Waals surface area contributed by atoms with Gasteiger partial charge in [-0.2, -0.15) is 0 Å². The minimum absolute atomic E-state index is 0.313. The molecule has 0 unspecified atom stereocenters. The standard InChI is InChI=1S/C22H17F2N3O/c23-12-3-5-18-14(9-12)16-11-17-15-10-13(24)4-6-19(15)27-21(17)22(20(16)26-18)28-8-2-1-7-25/h3-7,9-11,25-27H,1-2,8H2. The highest BCUT2D eigenvalue weighted by Crippen LogP contribution is 2.41. The van der Waals surface area contributed by atoms with Crippen molar-refractivity contribution in [2.75, 3.05) is 6.61 Å². The minimum atomic E-state index is -0.313. The second-order valence-electron chi connectivity index (χ2n) is 6.88. The Balaban J connectivity index is 1.85. The molecule has 0 amide bonds. The molecule has 5 aromatic rings. The van der Waals surface area contributed by atoms with Crippen LogP contribution in [0.5, 0.6) is 5.75 Å². The van der Waals surface area contributed by atoms with E-state index in [1.54, 1.807) is 12.1 Å². The lowest BCUT2D eigenvalue weighted by Crippen LogP contribution is -1.99. The van der Waals surface area contributed by atoms with Crippen molar-refractivity contribution in [3.05, 3.63) is 54.1 Å². The van der Waals surface area contributed by atoms with Gasteiger partial charge < -0.3 is 20.1 Å². The molecule has 0 fully saturated rings. The summed E-state index contributed by atoms with van der Waals surface area (Å²) in [5.41, 5.74) is 3.16. The van der Waals surface area contributed by atoms with Gasteiger partial charge >= 0.3 is 0 Å². The Bertz CT molecular complexity index is 1270. The average Bonchev–Trinajstić information content (AvgIpc) is 3.22. The van der Waals surface area contributed by atoms with Gasteiger partial charge in [0.05, 0.1) is 17.6 Å². The Morgan fingerprint density at radius 2 is 1.39 bits per heavy atom. The molecule has 0 saturated heterocycles. The molecule has 2 aromatic heterocycles. The number of H-pyrrole nitrogens is 2. The lowest BCUT2D eigenvalue weighted by atomic mass is 10.1. The summed E-state index contributed by atoms with van der Waals surface area (Å²) in [6.45, 7) is 0.442. The highest BCUT2D eigenvalue weighted by molar-refractivity contribution is 6.20. The molecule has 0 bridgehead atoms. The van der Waals surface area contributed by atoms with E-state index in [0.717, 1.165) is 43.6 Å². The molecule has 0 aliphatic carbocycles. The Morgan fingerprint density at radius 1 is 0.821 bits per heavy atom. The number of fused-ring (bicyclic) bond motifs is 6. The van der Waals surface area contributed by atoms with E-state index in [-0.39, 0.29) is 11.6 Å². The zero-order valence-corrected chi connectivity index (χ0v) is 14.9. The van der Waals surface area contributed by atoms with Crippen molar-refractivity contribution in [1.82, 2.24) is 9.97 Å². The number of rotatable bonds is 5. The van der Waals surface area contributed by atoms with Crippen molar-refractivity contribution in [2.24, 2.45) is 0 Å². The first-order chi connectivity index (χ1) is 13.7. The van der Waals surface area contributed by atoms with Crippen LogP contribution in [0.15, 0.2) is 42.5 Å². The van der Waals surface area contributed by atoms with Crippen molar-refractivity contribution in [3.63, 3.8) is 0 Å². The van der Waals surface area contributed by atoms with E-state index in [1.807, 2.05) is 6.07 Å². The number of halogens is 2. The molecule has 0 atom stereocenters. The Labute approximate surface area is 158 Å². The van der Waals surface area contributed by atoms with E-state index >= 15 is 0 Å². The van der Waals surface area contributed by atoms with E-state index in [2.05, 4.69) is 9.97 Å². The first kappa shape index (κ1) is 16.7. The summed E-state index contributed by atoms with van der Waals surface area (Å²) >= 11 is 0. The molecular formula is C22H17F2N3O. The van der Waals surface area contributed by atoms with Gasteiger partial charge in [-0.1, -0.05) is 0 Å². The second-order valence-corrected chi connectivity index (χ2v) is 6.88. The molecule has 3 aromatic carbocycles. The normalized spacial score (nSPS) is 11.8. The number of ether oxygens (including phenoxy) is 1. The van der Waals surface area contributed by atoms with Crippen molar-refractivity contribution in [1.29, 1.82) is 5.41 Å². The van der Waals surface area contributed by atoms with Crippen LogP contribution < -0.4 is 4.74 Å². The zero-order chi connectivity index (χ0) is 19.3. The highest BCUT2D eigenvalue weighted by atomic mass is 19.1. The number of hydrogen-bond donors (Lipinski definition) is 3. The smallest absolute Gasteiger partial charge is 0.167 e. The highest BCUT2D eigenvalue weighted by Gasteiger charge is 2.18. The number of benzene rings is 3. The quantitative estimate of drug-likeness (QED) is 0.254. The molecule has 0 radical (unpaired) electrons. The van der Waals surface area contributed by atoms with Crippen LogP contribution in [0.25, 0.3) is 43.6 Å². The van der Waals surface area contributed by atoms with E-state index in [9.17, 15) is 8.78 Å². The van der Waals surface area contributed by atoms with Crippen LogP contribution >= 0.6 is 0 Å². The van der Waals surface area contributed by atoms with Crippen LogP contribution in [0.4, 0.5) is 8.78 Å². The summed E-state index contributed by atoms with van der Waals surface area (Å²) in [4.78, 5) is 6.66. The first-order valence-corrected chi connectivity index (χ1v) is 9.12. The predicted octanol–water partition coefficient (Wildman–Crippen LogP) is 6.04. The minimum Gasteiger partial charge on any atom is -0.489 e. The van der Waals surface area contributed by atoms with Gasteiger partial charge in [0.1, 0.15) is 11.6 Å². The van der Waals surface area contributed by atoms with E-state index in [4.69, 9.17) is 10.1 Å². The number of aromatic amines is 2. The van der Waals surface area contributed by atoms with Crippen LogP contribution in [-0.4, -0.2) is 22.8 Å². The fourth-order valence-electron chi connectivity index (χ4n) is 3.80. The third-order valence-corrected chi connectivity index (χ3v) is 5.08. The maximum atomic E-state index is 13.9. The van der Waals surface area contributed by atoms with Crippen LogP contribution in [-0.2, 0) is 0 Å². The predicted molar refractivity (Wildman–Crippen MR) is 109 cm³/mol. The van der Waals surface area contributed by atoms with Gasteiger partial charge in [0.2, 0.25) is 0 Å². The zero-order valence-electron chi connectivity index (χ0n) is 14.9. The van der Waals surface area contributed by atoms with Gasteiger partial charge in [-0.05, 0) is 61.5 Å². The van der Waals surface area contributed by atoms with E-state index < -0.39 is 0 Å². The number of aromatic nitrogens is 2. The van der Waals surface area contributed by atoms with Crippen LogP contribution in [0.1, 0.15) is 12.8 Å². The van der Waals surface area contributed by atoms with Crippen LogP contribution in [0.3, 0.4) is 0 Å². The maximum absolute atomic E-state index is 13.9. The molecule has 0 aliphatic rings. The summed E-state index contributed by atoms with van der Waals surface area (Å²) in [6, 6.07) is 11.2. The van der Waals surface area contributed by atoms with Crippen molar-refractivity contribution in [3.8, 4) is 5.75 Å². The molecule has 0 spiro atoms. The maximum Gasteiger partial charge on any atom is 0.167 e. The number of nitrogens with one attached hydrogen (secondary N) is 3. The molecule has 140 valence electrons. The van der Waals surface area contributed by atoms with Crippen LogP contribution in [0.2, 0.25) is 0 Å². The molecular weight excluding hydrogens is 360 g/mol. The van der Waals surface area contributed by atoms with Gasteiger partial charge in [0, 0.05) is 32.6 Å². The van der Waals surface area contributed by atoms with E-state index in [0.29, 0.717) is 25.2 Å². The van der Waals surface area contributed by atoms with Gasteiger partial charge in [-0.25, -0.2) is 8.78 Å². The van der Waals surface area contributed by atoms with Gasteiger partial charge in [-0.3, -0.25) is 0 Å². The Morgan fingerprint density at radius 3 is 1.93 bits per heavy atom. The van der Waals surface area contributed by atoms with Gasteiger partial charge in [0.25, 0.3) is 0 Å². The van der Waals surface area contributed by atoms with Gasteiger partial charge in [0.15, 0.2) is 5.75 Å².